The van der Waals surface area contributed by atoms with E-state index in [1.807, 2.05) is 0 Å². The molecule has 0 saturated carbocycles. The number of H-pyrrole nitrogens is 1. The van der Waals surface area contributed by atoms with Gasteiger partial charge in [0.05, 0.1) is 18.2 Å². The summed E-state index contributed by atoms with van der Waals surface area (Å²) in [5.41, 5.74) is 1.45. The Morgan fingerprint density at radius 2 is 2.09 bits per heavy atom. The van der Waals surface area contributed by atoms with Crippen LogP contribution < -0.4 is 15.8 Å². The first-order valence-corrected chi connectivity index (χ1v) is 6.38. The zero-order valence-electron chi connectivity index (χ0n) is 11.5. The van der Waals surface area contributed by atoms with Crippen LogP contribution in [-0.2, 0) is 0 Å². The molecule has 0 aliphatic carbocycles. The molecule has 0 aliphatic rings. The van der Waals surface area contributed by atoms with Crippen molar-refractivity contribution in [2.75, 3.05) is 12.4 Å². The summed E-state index contributed by atoms with van der Waals surface area (Å²) in [5.74, 6) is -0.780. The number of carbonyl (C=O) groups excluding carboxylic acids is 1. The monoisotopic (exact) mass is 300 g/mol. The summed E-state index contributed by atoms with van der Waals surface area (Å²) in [7, 11) is 1.47. The van der Waals surface area contributed by atoms with E-state index >= 15 is 0 Å². The SMILES string of the molecule is COc1ccc(C(=O)Nc2ccc3oc(=O)[nH]c3c2)c(O)c1. The van der Waals surface area contributed by atoms with E-state index in [9.17, 15) is 14.7 Å². The van der Waals surface area contributed by atoms with Crippen LogP contribution in [0.15, 0.2) is 45.6 Å². The molecule has 0 atom stereocenters. The smallest absolute Gasteiger partial charge is 0.417 e. The van der Waals surface area contributed by atoms with Crippen LogP contribution in [0.4, 0.5) is 5.69 Å². The van der Waals surface area contributed by atoms with E-state index in [-0.39, 0.29) is 11.3 Å². The molecule has 22 heavy (non-hydrogen) atoms. The molecule has 0 spiro atoms. The van der Waals surface area contributed by atoms with Crippen molar-refractivity contribution in [3.8, 4) is 11.5 Å². The Morgan fingerprint density at radius 1 is 1.27 bits per heavy atom. The molecule has 3 aromatic rings. The standard InChI is InChI=1S/C15H12N2O5/c1-21-9-3-4-10(12(18)7-9)14(19)16-8-2-5-13-11(6-8)17-15(20)22-13/h2-7,18H,1H3,(H,16,19)(H,17,20). The largest absolute Gasteiger partial charge is 0.507 e. The molecule has 1 heterocycles. The van der Waals surface area contributed by atoms with Gasteiger partial charge in [-0.15, -0.1) is 0 Å². The second-order valence-corrected chi connectivity index (χ2v) is 4.56. The van der Waals surface area contributed by atoms with Crippen molar-refractivity contribution in [2.24, 2.45) is 0 Å². The summed E-state index contributed by atoms with van der Waals surface area (Å²) >= 11 is 0. The highest BCUT2D eigenvalue weighted by Gasteiger charge is 2.13. The maximum Gasteiger partial charge on any atom is 0.417 e. The first kappa shape index (κ1) is 13.7. The molecule has 3 N–H and O–H groups in total. The molecule has 0 aliphatic heterocycles. The Bertz CT molecular complexity index is 910. The van der Waals surface area contributed by atoms with E-state index in [1.54, 1.807) is 24.3 Å². The molecule has 0 radical (unpaired) electrons. The first-order valence-electron chi connectivity index (χ1n) is 6.38. The van der Waals surface area contributed by atoms with Gasteiger partial charge in [-0.3, -0.25) is 9.78 Å². The third kappa shape index (κ3) is 2.51. The van der Waals surface area contributed by atoms with Gasteiger partial charge in [-0.1, -0.05) is 0 Å². The number of aromatic hydroxyl groups is 1. The van der Waals surface area contributed by atoms with Gasteiger partial charge < -0.3 is 19.6 Å². The van der Waals surface area contributed by atoms with Crippen LogP contribution >= 0.6 is 0 Å². The Hall–Kier alpha value is -3.22. The van der Waals surface area contributed by atoms with Gasteiger partial charge in [0.2, 0.25) is 0 Å². The molecule has 7 heteroatoms. The summed E-state index contributed by atoms with van der Waals surface area (Å²) in [6.07, 6.45) is 0. The number of aromatic nitrogens is 1. The fourth-order valence-corrected chi connectivity index (χ4v) is 2.06. The Morgan fingerprint density at radius 3 is 2.82 bits per heavy atom. The number of phenolic OH excluding ortho intramolecular Hbond substituents is 1. The second kappa shape index (κ2) is 5.28. The van der Waals surface area contributed by atoms with Crippen LogP contribution in [0.3, 0.4) is 0 Å². The Kier molecular flexibility index (Phi) is 3.30. The predicted molar refractivity (Wildman–Crippen MR) is 79.4 cm³/mol. The summed E-state index contributed by atoms with van der Waals surface area (Å²) in [6, 6.07) is 9.12. The molecule has 1 aromatic heterocycles. The number of aromatic amines is 1. The number of phenols is 1. The lowest BCUT2D eigenvalue weighted by Gasteiger charge is -2.08. The number of oxazole rings is 1. The number of amides is 1. The zero-order valence-corrected chi connectivity index (χ0v) is 11.5. The van der Waals surface area contributed by atoms with Gasteiger partial charge >= 0.3 is 5.76 Å². The summed E-state index contributed by atoms with van der Waals surface area (Å²) in [4.78, 5) is 25.8. The van der Waals surface area contributed by atoms with Crippen LogP contribution in [0, 0.1) is 0 Å². The number of hydrogen-bond donors (Lipinski definition) is 3. The molecule has 0 fully saturated rings. The topological polar surface area (TPSA) is 105 Å². The lowest BCUT2D eigenvalue weighted by Crippen LogP contribution is -2.12. The molecule has 1 amide bonds. The van der Waals surface area contributed by atoms with Gasteiger partial charge in [0.15, 0.2) is 5.58 Å². The van der Waals surface area contributed by atoms with E-state index in [0.29, 0.717) is 22.5 Å². The molecular formula is C15H12N2O5. The predicted octanol–water partition coefficient (Wildman–Crippen LogP) is 2.09. The Labute approximate surface area is 124 Å². The van der Waals surface area contributed by atoms with E-state index < -0.39 is 11.7 Å². The van der Waals surface area contributed by atoms with Gasteiger partial charge in [-0.25, -0.2) is 4.79 Å². The third-order valence-corrected chi connectivity index (χ3v) is 3.13. The maximum atomic E-state index is 12.2. The average molecular weight is 300 g/mol. The zero-order chi connectivity index (χ0) is 15.7. The van der Waals surface area contributed by atoms with Gasteiger partial charge in [0.25, 0.3) is 5.91 Å². The molecule has 0 unspecified atom stereocenters. The van der Waals surface area contributed by atoms with E-state index in [0.717, 1.165) is 0 Å². The van der Waals surface area contributed by atoms with Crippen molar-refractivity contribution in [1.82, 2.24) is 4.98 Å². The van der Waals surface area contributed by atoms with Crippen molar-refractivity contribution in [3.05, 3.63) is 52.5 Å². The molecule has 0 saturated heterocycles. The second-order valence-electron chi connectivity index (χ2n) is 4.56. The van der Waals surface area contributed by atoms with Crippen LogP contribution in [-0.4, -0.2) is 23.1 Å². The molecule has 2 aromatic carbocycles. The number of ether oxygens (including phenoxy) is 1. The molecule has 3 rings (SSSR count). The van der Waals surface area contributed by atoms with Gasteiger partial charge in [-0.05, 0) is 30.3 Å². The van der Waals surface area contributed by atoms with E-state index in [4.69, 9.17) is 9.15 Å². The van der Waals surface area contributed by atoms with Crippen LogP contribution in [0.25, 0.3) is 11.1 Å². The summed E-state index contributed by atoms with van der Waals surface area (Å²) in [5, 5.41) is 12.5. The number of benzene rings is 2. The maximum absolute atomic E-state index is 12.2. The summed E-state index contributed by atoms with van der Waals surface area (Å²) < 4.78 is 9.84. The highest BCUT2D eigenvalue weighted by atomic mass is 16.5. The number of carbonyl (C=O) groups is 1. The van der Waals surface area contributed by atoms with Crippen molar-refractivity contribution < 1.29 is 19.1 Å². The van der Waals surface area contributed by atoms with Crippen molar-refractivity contribution >= 4 is 22.7 Å². The molecular weight excluding hydrogens is 288 g/mol. The first-order chi connectivity index (χ1) is 10.6. The van der Waals surface area contributed by atoms with Crippen LogP contribution in [0.1, 0.15) is 10.4 Å². The number of fused-ring (bicyclic) bond motifs is 1. The minimum atomic E-state index is -0.564. The highest BCUT2D eigenvalue weighted by molar-refractivity contribution is 6.06. The van der Waals surface area contributed by atoms with E-state index in [2.05, 4.69) is 10.3 Å². The van der Waals surface area contributed by atoms with Crippen molar-refractivity contribution in [1.29, 1.82) is 0 Å². The number of hydrogen-bond acceptors (Lipinski definition) is 5. The van der Waals surface area contributed by atoms with Crippen LogP contribution in [0.2, 0.25) is 0 Å². The quantitative estimate of drug-likeness (QED) is 0.687. The van der Waals surface area contributed by atoms with Crippen molar-refractivity contribution in [3.63, 3.8) is 0 Å². The number of anilines is 1. The normalized spacial score (nSPS) is 10.6. The number of rotatable bonds is 3. The third-order valence-electron chi connectivity index (χ3n) is 3.13. The minimum absolute atomic E-state index is 0.113. The van der Waals surface area contributed by atoms with Gasteiger partial charge in [-0.2, -0.15) is 0 Å². The average Bonchev–Trinajstić information content (AvgIpc) is 2.86. The minimum Gasteiger partial charge on any atom is -0.507 e. The molecule has 7 nitrogen and oxygen atoms in total. The lowest BCUT2D eigenvalue weighted by atomic mass is 10.1. The van der Waals surface area contributed by atoms with Gasteiger partial charge in [0, 0.05) is 11.8 Å². The fourth-order valence-electron chi connectivity index (χ4n) is 2.06. The Balaban J connectivity index is 1.87. The molecule has 0 bridgehead atoms. The number of methoxy groups -OCH3 is 1. The lowest BCUT2D eigenvalue weighted by molar-refractivity contribution is 0.102. The summed E-state index contributed by atoms with van der Waals surface area (Å²) in [6.45, 7) is 0. The van der Waals surface area contributed by atoms with Crippen molar-refractivity contribution in [2.45, 2.75) is 0 Å². The molecule has 112 valence electrons. The highest BCUT2D eigenvalue weighted by Crippen LogP contribution is 2.24. The van der Waals surface area contributed by atoms with Gasteiger partial charge in [0.1, 0.15) is 11.5 Å². The number of nitrogens with one attached hydrogen (secondary N) is 2. The van der Waals surface area contributed by atoms with Crippen LogP contribution in [0.5, 0.6) is 11.5 Å². The fraction of sp³-hybridized carbons (Fsp3) is 0.0667. The van der Waals surface area contributed by atoms with E-state index in [1.165, 1.54) is 19.2 Å².